The molecule has 12 unspecified atom stereocenters. The molecule has 0 spiro atoms. The van der Waals surface area contributed by atoms with E-state index in [2.05, 4.69) is 35.1 Å². The molecular formula is C92H164N4O39. The summed E-state index contributed by atoms with van der Waals surface area (Å²) in [5, 5.41) is 246. The van der Waals surface area contributed by atoms with Crippen LogP contribution in [0.15, 0.2) is 12.2 Å². The highest BCUT2D eigenvalue weighted by molar-refractivity contribution is 5.78. The predicted octanol–water partition coefficient (Wildman–Crippen LogP) is -0.748. The number of aliphatic hydroxyl groups is 19. The van der Waals surface area contributed by atoms with Crippen LogP contribution in [0.3, 0.4) is 0 Å². The van der Waals surface area contributed by atoms with Crippen molar-refractivity contribution in [1.29, 1.82) is 0 Å². The maximum Gasteiger partial charge on any atom is 0.364 e. The number of hydrogen-bond donors (Lipinski definition) is 25. The predicted molar refractivity (Wildman–Crippen MR) is 477 cm³/mol. The Hall–Kier alpha value is -4.68. The minimum atomic E-state index is -3.40. The molecule has 786 valence electrons. The molecule has 6 rings (SSSR count). The molecule has 135 heavy (non-hydrogen) atoms. The molecule has 0 aromatic rings. The number of amides is 4. The molecule has 43 heteroatoms. The van der Waals surface area contributed by atoms with E-state index in [0.717, 1.165) is 78.6 Å². The summed E-state index contributed by atoms with van der Waals surface area (Å²) >= 11 is 0. The van der Waals surface area contributed by atoms with Gasteiger partial charge in [0, 0.05) is 40.0 Å². The molecule has 0 saturated carbocycles. The molecule has 6 fully saturated rings. The maximum atomic E-state index is 13.8. The first-order chi connectivity index (χ1) is 64.5. The molecule has 6 heterocycles. The summed E-state index contributed by atoms with van der Waals surface area (Å²) in [4.78, 5) is 79.2. The molecule has 6 saturated heterocycles. The fourth-order valence-electron chi connectivity index (χ4n) is 18.2. The van der Waals surface area contributed by atoms with Gasteiger partial charge >= 0.3 is 11.9 Å². The third kappa shape index (κ3) is 37.2. The second-order valence-corrected chi connectivity index (χ2v) is 37.1. The number of nitrogens with one attached hydrogen (secondary N) is 4. The highest BCUT2D eigenvalue weighted by Crippen LogP contribution is 2.42. The number of unbranched alkanes of at least 4 members (excludes halogenated alkanes) is 33. The monoisotopic (exact) mass is 1950 g/mol. The van der Waals surface area contributed by atoms with Crippen molar-refractivity contribution in [2.75, 3.05) is 46.2 Å². The first-order valence-corrected chi connectivity index (χ1v) is 49.2. The van der Waals surface area contributed by atoms with Crippen LogP contribution < -0.4 is 21.3 Å². The Bertz CT molecular complexity index is 3350. The molecule has 6 aliphatic heterocycles. The topological polar surface area (TPSA) is 686 Å². The van der Waals surface area contributed by atoms with Crippen molar-refractivity contribution in [2.45, 2.75) is 486 Å². The van der Waals surface area contributed by atoms with Crippen molar-refractivity contribution >= 4 is 35.6 Å². The Morgan fingerprint density at radius 3 is 1.22 bits per heavy atom. The molecule has 34 atom stereocenters. The average molecular weight is 1950 g/mol. The molecule has 0 aromatic heterocycles. The number of aliphatic carboxylic acids is 2. The Balaban J connectivity index is 1.16. The zero-order valence-corrected chi connectivity index (χ0v) is 79.2. The summed E-state index contributed by atoms with van der Waals surface area (Å²) in [6.07, 6.45) is -17.8. The normalized spacial score (nSPS) is 33.7. The Kier molecular flexibility index (Phi) is 55.3. The minimum absolute atomic E-state index is 0.136. The third-order valence-corrected chi connectivity index (χ3v) is 26.1. The lowest BCUT2D eigenvalue weighted by atomic mass is 9.87. The molecule has 0 radical (unpaired) electrons. The number of ether oxygens (including phenoxy) is 12. The van der Waals surface area contributed by atoms with E-state index in [1.807, 2.05) is 6.08 Å². The number of allylic oxidation sites excluding steroid dienone is 1. The van der Waals surface area contributed by atoms with E-state index in [4.69, 9.17) is 56.8 Å². The van der Waals surface area contributed by atoms with E-state index in [-0.39, 0.29) is 12.3 Å². The van der Waals surface area contributed by atoms with Crippen molar-refractivity contribution in [1.82, 2.24) is 21.3 Å². The van der Waals surface area contributed by atoms with E-state index < -0.39 is 296 Å². The number of carbonyl (C=O) groups is 6. The average Bonchev–Trinajstić information content (AvgIpc) is 0.750. The van der Waals surface area contributed by atoms with Crippen LogP contribution in [0.2, 0.25) is 0 Å². The highest BCUT2D eigenvalue weighted by atomic mass is 16.8. The van der Waals surface area contributed by atoms with Crippen molar-refractivity contribution in [2.24, 2.45) is 0 Å². The van der Waals surface area contributed by atoms with Gasteiger partial charge in [-0.2, -0.15) is 0 Å². The van der Waals surface area contributed by atoms with E-state index in [1.165, 1.54) is 154 Å². The van der Waals surface area contributed by atoms with Gasteiger partial charge in [-0.3, -0.25) is 19.2 Å². The van der Waals surface area contributed by atoms with Crippen LogP contribution in [0, 0.1) is 0 Å². The first-order valence-electron chi connectivity index (χ1n) is 49.2. The zero-order chi connectivity index (χ0) is 99.5. The van der Waals surface area contributed by atoms with E-state index in [1.54, 1.807) is 6.08 Å². The minimum Gasteiger partial charge on any atom is -0.477 e. The lowest BCUT2D eigenvalue weighted by Crippen LogP contribution is -2.71. The third-order valence-electron chi connectivity index (χ3n) is 26.1. The van der Waals surface area contributed by atoms with Crippen molar-refractivity contribution in [3.63, 3.8) is 0 Å². The van der Waals surface area contributed by atoms with Gasteiger partial charge in [-0.05, 0) is 19.3 Å². The molecule has 4 amide bonds. The number of aliphatic hydroxyl groups excluding tert-OH is 19. The quantitative estimate of drug-likeness (QED) is 0.0263. The SMILES string of the molecule is CCCCCCCCCCCCC/C=C/[C@@H](O)[C@H](CO[C@@H]1OC(CO)[C@@H](O[C@@H]2OC(CO)[C@H](O[C@@H]3OC(CO[C@]4(C(=O)O)CC(O)[C@@H](NC(C)=O)C([C@H](O)[C@@H](CO)O[C@]5(C(=O)O)CC(O)[C@@H](NC(C)=O)C([C@H](O)[C@H](O)CO)O5)O4)[C@H](O)[C@H](O[C@@H]4OC(CO)[C@H](O)[C@H](O)C4O)C3NC(C)=O)[C@H](O)C2O)[C@H](O)C1O)NC(=O)CCCCCCCCCCCCCCCCCCCCCCCCC. The molecule has 0 bridgehead atoms. The second-order valence-electron chi connectivity index (χ2n) is 37.1. The molecule has 43 nitrogen and oxygen atoms in total. The van der Waals surface area contributed by atoms with Crippen LogP contribution in [0.5, 0.6) is 0 Å². The Morgan fingerprint density at radius 1 is 0.407 bits per heavy atom. The fraction of sp³-hybridized carbons (Fsp3) is 0.913. The van der Waals surface area contributed by atoms with Crippen LogP contribution in [0.25, 0.3) is 0 Å². The second kappa shape index (κ2) is 62.7. The van der Waals surface area contributed by atoms with E-state index >= 15 is 0 Å². The smallest absolute Gasteiger partial charge is 0.364 e. The summed E-state index contributed by atoms with van der Waals surface area (Å²) in [5.41, 5.74) is 0. The number of rotatable bonds is 67. The fourth-order valence-corrected chi connectivity index (χ4v) is 18.2. The van der Waals surface area contributed by atoms with Crippen LogP contribution in [0.1, 0.15) is 279 Å². The van der Waals surface area contributed by atoms with Crippen molar-refractivity contribution in [3.05, 3.63) is 12.2 Å². The van der Waals surface area contributed by atoms with Crippen LogP contribution in [0.4, 0.5) is 0 Å². The van der Waals surface area contributed by atoms with E-state index in [9.17, 15) is 136 Å². The number of carbonyl (C=O) groups excluding carboxylic acids is 4. The van der Waals surface area contributed by atoms with Crippen LogP contribution in [-0.4, -0.2) is 396 Å². The summed E-state index contributed by atoms with van der Waals surface area (Å²) in [7, 11) is 0. The number of carboxylic acid groups (broad SMARTS) is 2. The van der Waals surface area contributed by atoms with Gasteiger partial charge in [0.2, 0.25) is 23.6 Å². The lowest BCUT2D eigenvalue weighted by molar-refractivity contribution is -0.383. The molecule has 6 aliphatic rings. The molecule has 25 N–H and O–H groups in total. The number of carboxylic acids is 2. The molecule has 0 aromatic carbocycles. The van der Waals surface area contributed by atoms with Crippen molar-refractivity contribution < 1.29 is 193 Å². The molecule has 0 aliphatic carbocycles. The summed E-state index contributed by atoms with van der Waals surface area (Å²) < 4.78 is 71.2. The largest absolute Gasteiger partial charge is 0.477 e. The van der Waals surface area contributed by atoms with Crippen LogP contribution >= 0.6 is 0 Å². The van der Waals surface area contributed by atoms with Gasteiger partial charge in [-0.15, -0.1) is 0 Å². The van der Waals surface area contributed by atoms with E-state index in [0.29, 0.717) is 12.8 Å². The summed E-state index contributed by atoms with van der Waals surface area (Å²) in [6, 6.07) is -6.90. The highest BCUT2D eigenvalue weighted by Gasteiger charge is 2.63. The lowest BCUT2D eigenvalue weighted by Gasteiger charge is -2.51. The van der Waals surface area contributed by atoms with Gasteiger partial charge in [-0.1, -0.05) is 231 Å². The first kappa shape index (κ1) is 119. The van der Waals surface area contributed by atoms with Gasteiger partial charge < -0.3 is 185 Å². The van der Waals surface area contributed by atoms with Crippen LogP contribution in [-0.2, 0) is 85.6 Å². The Morgan fingerprint density at radius 2 is 0.785 bits per heavy atom. The standard InChI is InChI=1S/C92H164N4O39/c1-6-8-10-12-14-16-18-20-21-22-23-24-25-26-27-28-29-31-33-35-37-39-41-43-66(109)96-56(57(105)42-40-38-36-34-32-30-19-17-15-13-11-9-7-2)51-124-86-78(118)75(115)81(63(49-100)127-86)131-88-79(119)76(116)80(64(50-101)128-88)130-85-69(95-55(5)104)82(132-87-77(117)74(114)71(111)61(47-98)126-87)73(113)65(129-85)52-125-91(89(120)121)44-58(106)68(94-54(4)103)84(134-91)72(112)62(48-99)133-92(90(122)123)45-59(107)67(93-53(3)102)83(135-92)70(110)60(108)46-97/h40,42,56-65,67-88,97-101,105-108,110-119H,6-39,41,43-52H2,1-5H3,(H,93,102)(H,94,103)(H,95,104)(H,96,109)(H,120,121)(H,122,123)/b42-40+/t56-,57+,58?,59?,60+,61?,62+,63?,64?,65?,67+,68+,69?,70+,71-,72+,73-,74-,75+,76+,77?,78?,79?,80-,81+,82+,83?,84?,85-,86+,87-,88-,91+,92+/m0/s1. The molecular weight excluding hydrogens is 1790 g/mol. The van der Waals surface area contributed by atoms with Gasteiger partial charge in [0.05, 0.1) is 82.7 Å². The van der Waals surface area contributed by atoms with Crippen molar-refractivity contribution in [3.8, 4) is 0 Å². The van der Waals surface area contributed by atoms with Gasteiger partial charge in [0.1, 0.15) is 134 Å². The number of hydrogen-bond acceptors (Lipinski definition) is 37. The zero-order valence-electron chi connectivity index (χ0n) is 79.2. The maximum absolute atomic E-state index is 13.8. The summed E-state index contributed by atoms with van der Waals surface area (Å²) in [5.74, 6) is -14.4. The van der Waals surface area contributed by atoms with Gasteiger partial charge in [0.15, 0.2) is 25.2 Å². The summed E-state index contributed by atoms with van der Waals surface area (Å²) in [6.45, 7) is -0.644. The van der Waals surface area contributed by atoms with Gasteiger partial charge in [0.25, 0.3) is 11.6 Å². The Labute approximate surface area is 790 Å². The van der Waals surface area contributed by atoms with Gasteiger partial charge in [-0.25, -0.2) is 9.59 Å².